The zero-order valence-electron chi connectivity index (χ0n) is 19.2. The molecule has 1 heterocycles. The molecule has 7 nitrogen and oxygen atoms in total. The maximum Gasteiger partial charge on any atom is 0.229 e. The predicted octanol–water partition coefficient (Wildman–Crippen LogP) is 3.68. The van der Waals surface area contributed by atoms with Crippen LogP contribution < -0.4 is 15.8 Å². The van der Waals surface area contributed by atoms with Crippen molar-refractivity contribution in [3.8, 4) is 5.75 Å². The minimum Gasteiger partial charge on any atom is -0.494 e. The van der Waals surface area contributed by atoms with E-state index in [2.05, 4.69) is 5.32 Å². The van der Waals surface area contributed by atoms with Gasteiger partial charge in [0.2, 0.25) is 11.8 Å². The zero-order valence-corrected chi connectivity index (χ0v) is 19.2. The molecule has 0 bridgehead atoms. The number of imide groups is 1. The lowest BCUT2D eigenvalue weighted by atomic mass is 9.92. The number of Topliss-reactive ketones (excluding diaryl/α,β-unsaturated/α-hetero) is 2. The van der Waals surface area contributed by atoms with E-state index in [1.807, 2.05) is 20.8 Å². The Morgan fingerprint density at radius 3 is 2.45 bits per heavy atom. The van der Waals surface area contributed by atoms with Gasteiger partial charge in [-0.1, -0.05) is 20.8 Å². The molecule has 7 heteroatoms. The number of hydrogen-bond acceptors (Lipinski definition) is 6. The van der Waals surface area contributed by atoms with Gasteiger partial charge in [0.05, 0.1) is 6.61 Å². The number of benzene rings is 1. The van der Waals surface area contributed by atoms with Crippen molar-refractivity contribution in [1.82, 2.24) is 5.32 Å². The van der Waals surface area contributed by atoms with Gasteiger partial charge >= 0.3 is 0 Å². The van der Waals surface area contributed by atoms with E-state index in [1.165, 1.54) is 6.92 Å². The molecule has 1 aromatic rings. The summed E-state index contributed by atoms with van der Waals surface area (Å²) in [6.45, 7) is 8.44. The standard InChI is InChI=1S/C18H27NO3.C6H9NO2/c1-4-13(2)18(21)16-9-8-15(12-17(16)14(3)20)22-11-7-5-6-10-19;1-4-2-3-5(8)7-6(4)9/h8-9,12-13H,4-7,10-11,19H2,1-3H3;4H,2-3H2,1H3,(H,7,8,9). The Labute approximate surface area is 185 Å². The molecule has 172 valence electrons. The van der Waals surface area contributed by atoms with Crippen LogP contribution in [0, 0.1) is 11.8 Å². The number of ether oxygens (including phenoxy) is 1. The Balaban J connectivity index is 0.000000442. The highest BCUT2D eigenvalue weighted by atomic mass is 16.5. The number of nitrogens with one attached hydrogen (secondary N) is 1. The van der Waals surface area contributed by atoms with E-state index in [4.69, 9.17) is 10.5 Å². The summed E-state index contributed by atoms with van der Waals surface area (Å²) in [5, 5.41) is 2.25. The van der Waals surface area contributed by atoms with Crippen LogP contribution >= 0.6 is 0 Å². The Kier molecular flexibility index (Phi) is 11.7. The fourth-order valence-electron chi connectivity index (χ4n) is 2.99. The largest absolute Gasteiger partial charge is 0.494 e. The number of carbonyl (C=O) groups excluding carboxylic acids is 4. The lowest BCUT2D eigenvalue weighted by Gasteiger charge is -2.15. The first kappa shape index (κ1) is 26.5. The number of piperidine rings is 1. The van der Waals surface area contributed by atoms with Gasteiger partial charge in [0.1, 0.15) is 5.75 Å². The summed E-state index contributed by atoms with van der Waals surface area (Å²) in [7, 11) is 0. The molecule has 2 unspecified atom stereocenters. The van der Waals surface area contributed by atoms with Gasteiger partial charge in [0, 0.05) is 29.4 Å². The van der Waals surface area contributed by atoms with Crippen LogP contribution in [0.2, 0.25) is 0 Å². The predicted molar refractivity (Wildman–Crippen MR) is 120 cm³/mol. The van der Waals surface area contributed by atoms with Crippen LogP contribution in [-0.4, -0.2) is 36.5 Å². The van der Waals surface area contributed by atoms with Crippen molar-refractivity contribution in [2.75, 3.05) is 13.2 Å². The molecular formula is C24H36N2O5. The second kappa shape index (κ2) is 13.7. The van der Waals surface area contributed by atoms with Crippen molar-refractivity contribution in [1.29, 1.82) is 0 Å². The van der Waals surface area contributed by atoms with Gasteiger partial charge in [0.15, 0.2) is 11.6 Å². The summed E-state index contributed by atoms with van der Waals surface area (Å²) in [5.41, 5.74) is 6.39. The van der Waals surface area contributed by atoms with E-state index in [1.54, 1.807) is 18.2 Å². The first-order chi connectivity index (χ1) is 14.7. The molecule has 3 N–H and O–H groups in total. The third kappa shape index (κ3) is 9.00. The molecule has 0 radical (unpaired) electrons. The van der Waals surface area contributed by atoms with Gasteiger partial charge < -0.3 is 10.5 Å². The van der Waals surface area contributed by atoms with Crippen LogP contribution in [0.4, 0.5) is 0 Å². The third-order valence-corrected chi connectivity index (χ3v) is 5.33. The summed E-state index contributed by atoms with van der Waals surface area (Å²) in [4.78, 5) is 45.3. The van der Waals surface area contributed by atoms with E-state index in [0.29, 0.717) is 42.9 Å². The summed E-state index contributed by atoms with van der Waals surface area (Å²) in [6.07, 6.45) is 4.90. The molecule has 1 saturated heterocycles. The maximum absolute atomic E-state index is 12.3. The molecule has 0 spiro atoms. The normalized spacial score (nSPS) is 16.6. The fraction of sp³-hybridized carbons (Fsp3) is 0.583. The third-order valence-electron chi connectivity index (χ3n) is 5.33. The molecule has 1 aliphatic rings. The molecule has 1 fully saturated rings. The average Bonchev–Trinajstić information content (AvgIpc) is 2.75. The van der Waals surface area contributed by atoms with Crippen LogP contribution in [0.15, 0.2) is 18.2 Å². The Bertz CT molecular complexity index is 775. The molecule has 31 heavy (non-hydrogen) atoms. The number of hydrogen-bond donors (Lipinski definition) is 2. The van der Waals surface area contributed by atoms with Crippen molar-refractivity contribution >= 4 is 23.4 Å². The van der Waals surface area contributed by atoms with E-state index in [-0.39, 0.29) is 35.2 Å². The SMILES string of the molecule is CC1CCC(=O)NC1=O.CCC(C)C(=O)c1ccc(OCCCCCN)cc1C(C)=O. The quantitative estimate of drug-likeness (QED) is 0.331. The smallest absolute Gasteiger partial charge is 0.229 e. The van der Waals surface area contributed by atoms with Crippen LogP contribution in [0.25, 0.3) is 0 Å². The lowest BCUT2D eigenvalue weighted by molar-refractivity contribution is -0.135. The van der Waals surface area contributed by atoms with Crippen molar-refractivity contribution in [3.63, 3.8) is 0 Å². The first-order valence-electron chi connectivity index (χ1n) is 11.1. The van der Waals surface area contributed by atoms with Gasteiger partial charge in [0.25, 0.3) is 0 Å². The number of amides is 2. The average molecular weight is 433 g/mol. The molecule has 0 aliphatic carbocycles. The zero-order chi connectivity index (χ0) is 23.4. The number of nitrogens with two attached hydrogens (primary N) is 1. The summed E-state index contributed by atoms with van der Waals surface area (Å²) < 4.78 is 5.66. The molecular weight excluding hydrogens is 396 g/mol. The first-order valence-corrected chi connectivity index (χ1v) is 11.1. The molecule has 2 atom stereocenters. The summed E-state index contributed by atoms with van der Waals surface area (Å²) >= 11 is 0. The van der Waals surface area contributed by atoms with E-state index in [9.17, 15) is 19.2 Å². The Morgan fingerprint density at radius 1 is 1.19 bits per heavy atom. The van der Waals surface area contributed by atoms with Crippen molar-refractivity contribution < 1.29 is 23.9 Å². The highest BCUT2D eigenvalue weighted by molar-refractivity contribution is 6.09. The topological polar surface area (TPSA) is 116 Å². The highest BCUT2D eigenvalue weighted by Crippen LogP contribution is 2.22. The van der Waals surface area contributed by atoms with Gasteiger partial charge in [-0.3, -0.25) is 24.5 Å². The number of rotatable bonds is 10. The number of carbonyl (C=O) groups is 4. The molecule has 2 rings (SSSR count). The molecule has 0 saturated carbocycles. The van der Waals surface area contributed by atoms with Crippen molar-refractivity contribution in [3.05, 3.63) is 29.3 Å². The van der Waals surface area contributed by atoms with E-state index in [0.717, 1.165) is 25.7 Å². The molecule has 1 aliphatic heterocycles. The molecule has 1 aromatic carbocycles. The number of unbranched alkanes of at least 4 members (excludes halogenated alkanes) is 2. The van der Waals surface area contributed by atoms with Crippen molar-refractivity contribution in [2.24, 2.45) is 17.6 Å². The van der Waals surface area contributed by atoms with Gasteiger partial charge in [-0.25, -0.2) is 0 Å². The minimum absolute atomic E-state index is 0.0159. The lowest BCUT2D eigenvalue weighted by Crippen LogP contribution is -2.39. The van der Waals surface area contributed by atoms with Gasteiger partial charge in [-0.15, -0.1) is 0 Å². The van der Waals surface area contributed by atoms with Gasteiger partial charge in [-0.2, -0.15) is 0 Å². The maximum atomic E-state index is 12.3. The van der Waals surface area contributed by atoms with Crippen LogP contribution in [0.1, 0.15) is 86.9 Å². The van der Waals surface area contributed by atoms with Crippen molar-refractivity contribution in [2.45, 2.75) is 66.2 Å². The second-order valence-corrected chi connectivity index (χ2v) is 7.99. The van der Waals surface area contributed by atoms with Crippen LogP contribution in [0.3, 0.4) is 0 Å². The van der Waals surface area contributed by atoms with Crippen LogP contribution in [-0.2, 0) is 9.59 Å². The van der Waals surface area contributed by atoms with E-state index < -0.39 is 0 Å². The molecule has 0 aromatic heterocycles. The second-order valence-electron chi connectivity index (χ2n) is 7.99. The van der Waals surface area contributed by atoms with Gasteiger partial charge in [-0.05, 0) is 63.8 Å². The van der Waals surface area contributed by atoms with E-state index >= 15 is 0 Å². The Hall–Kier alpha value is -2.54. The fourth-order valence-corrected chi connectivity index (χ4v) is 2.99. The number of ketones is 2. The van der Waals surface area contributed by atoms with Crippen LogP contribution in [0.5, 0.6) is 5.75 Å². The highest BCUT2D eigenvalue weighted by Gasteiger charge is 2.22. The summed E-state index contributed by atoms with van der Waals surface area (Å²) in [5.74, 6) is 0.203. The summed E-state index contributed by atoms with van der Waals surface area (Å²) in [6, 6.07) is 5.16. The molecule has 2 amide bonds. The Morgan fingerprint density at radius 2 is 1.90 bits per heavy atom. The minimum atomic E-state index is -0.141. The monoisotopic (exact) mass is 432 g/mol.